The van der Waals surface area contributed by atoms with E-state index < -0.39 is 0 Å². The van der Waals surface area contributed by atoms with Crippen LogP contribution in [0.1, 0.15) is 26.7 Å². The second-order valence-corrected chi connectivity index (χ2v) is 4.17. The Morgan fingerprint density at radius 2 is 2.33 bits per heavy atom. The van der Waals surface area contributed by atoms with Crippen LogP contribution in [0.5, 0.6) is 0 Å². The molecule has 1 fully saturated rings. The molecular formula is C9H18N2O. The fourth-order valence-electron chi connectivity index (χ4n) is 2.01. The van der Waals surface area contributed by atoms with Gasteiger partial charge in [0, 0.05) is 6.54 Å². The van der Waals surface area contributed by atoms with Crippen molar-refractivity contribution in [2.24, 2.45) is 17.1 Å². The third kappa shape index (κ3) is 1.78. The van der Waals surface area contributed by atoms with Crippen LogP contribution in [-0.4, -0.2) is 19.0 Å². The zero-order valence-electron chi connectivity index (χ0n) is 7.89. The SMILES string of the molecule is CC(C)CC1(C(N)=O)CCNC1. The molecule has 1 unspecified atom stereocenters. The van der Waals surface area contributed by atoms with Gasteiger partial charge in [0.05, 0.1) is 5.41 Å². The Bertz CT molecular complexity index is 171. The molecule has 1 atom stereocenters. The number of carbonyl (C=O) groups is 1. The lowest BCUT2D eigenvalue weighted by Crippen LogP contribution is -2.39. The molecule has 70 valence electrons. The van der Waals surface area contributed by atoms with Gasteiger partial charge in [-0.1, -0.05) is 13.8 Å². The molecule has 1 heterocycles. The van der Waals surface area contributed by atoms with E-state index in [1.807, 2.05) is 0 Å². The molecule has 0 saturated carbocycles. The van der Waals surface area contributed by atoms with E-state index in [1.165, 1.54) is 0 Å². The molecule has 3 heteroatoms. The quantitative estimate of drug-likeness (QED) is 0.648. The van der Waals surface area contributed by atoms with E-state index in [1.54, 1.807) is 0 Å². The Morgan fingerprint density at radius 1 is 1.67 bits per heavy atom. The number of rotatable bonds is 3. The van der Waals surface area contributed by atoms with Crippen molar-refractivity contribution in [3.8, 4) is 0 Å². The maximum Gasteiger partial charge on any atom is 0.224 e. The maximum atomic E-state index is 11.2. The standard InChI is InChI=1S/C9H18N2O/c1-7(2)5-9(8(10)12)3-4-11-6-9/h7,11H,3-6H2,1-2H3,(H2,10,12). The molecule has 0 aromatic rings. The fraction of sp³-hybridized carbons (Fsp3) is 0.889. The first-order chi connectivity index (χ1) is 5.57. The molecule has 1 amide bonds. The highest BCUT2D eigenvalue weighted by molar-refractivity contribution is 5.81. The summed E-state index contributed by atoms with van der Waals surface area (Å²) in [6, 6.07) is 0. The van der Waals surface area contributed by atoms with Gasteiger partial charge in [-0.15, -0.1) is 0 Å². The normalized spacial score (nSPS) is 29.6. The van der Waals surface area contributed by atoms with Crippen LogP contribution >= 0.6 is 0 Å². The van der Waals surface area contributed by atoms with Gasteiger partial charge in [-0.25, -0.2) is 0 Å². The summed E-state index contributed by atoms with van der Waals surface area (Å²) in [6.45, 7) is 5.95. The number of carbonyl (C=O) groups excluding carboxylic acids is 1. The van der Waals surface area contributed by atoms with E-state index in [4.69, 9.17) is 5.73 Å². The maximum absolute atomic E-state index is 11.2. The van der Waals surface area contributed by atoms with E-state index in [0.29, 0.717) is 5.92 Å². The Balaban J connectivity index is 2.65. The van der Waals surface area contributed by atoms with Crippen molar-refractivity contribution in [1.29, 1.82) is 0 Å². The molecule has 1 rings (SSSR count). The van der Waals surface area contributed by atoms with Crippen LogP contribution in [0.25, 0.3) is 0 Å². The molecule has 12 heavy (non-hydrogen) atoms. The summed E-state index contributed by atoms with van der Waals surface area (Å²) in [4.78, 5) is 11.2. The topological polar surface area (TPSA) is 55.1 Å². The van der Waals surface area contributed by atoms with Gasteiger partial charge in [0.25, 0.3) is 0 Å². The molecule has 3 N–H and O–H groups in total. The Hall–Kier alpha value is -0.570. The minimum atomic E-state index is -0.256. The average Bonchev–Trinajstić information content (AvgIpc) is 2.35. The lowest BCUT2D eigenvalue weighted by atomic mass is 9.79. The highest BCUT2D eigenvalue weighted by Gasteiger charge is 2.39. The van der Waals surface area contributed by atoms with Gasteiger partial charge < -0.3 is 11.1 Å². The first-order valence-corrected chi connectivity index (χ1v) is 4.57. The zero-order chi connectivity index (χ0) is 9.19. The Labute approximate surface area is 73.7 Å². The van der Waals surface area contributed by atoms with Gasteiger partial charge >= 0.3 is 0 Å². The van der Waals surface area contributed by atoms with E-state index >= 15 is 0 Å². The number of amides is 1. The number of primary amides is 1. The van der Waals surface area contributed by atoms with Crippen LogP contribution in [0, 0.1) is 11.3 Å². The predicted molar refractivity (Wildman–Crippen MR) is 48.6 cm³/mol. The van der Waals surface area contributed by atoms with Crippen molar-refractivity contribution >= 4 is 5.91 Å². The molecular weight excluding hydrogens is 152 g/mol. The van der Waals surface area contributed by atoms with Crippen molar-refractivity contribution in [2.45, 2.75) is 26.7 Å². The van der Waals surface area contributed by atoms with Crippen molar-refractivity contribution < 1.29 is 4.79 Å². The lowest BCUT2D eigenvalue weighted by molar-refractivity contribution is -0.127. The van der Waals surface area contributed by atoms with E-state index in [-0.39, 0.29) is 11.3 Å². The molecule has 0 spiro atoms. The van der Waals surface area contributed by atoms with Gasteiger partial charge in [-0.05, 0) is 25.3 Å². The third-order valence-electron chi connectivity index (χ3n) is 2.57. The van der Waals surface area contributed by atoms with E-state index in [9.17, 15) is 4.79 Å². The molecule has 1 saturated heterocycles. The summed E-state index contributed by atoms with van der Waals surface area (Å²) in [5, 5.41) is 3.20. The van der Waals surface area contributed by atoms with Crippen LogP contribution in [-0.2, 0) is 4.79 Å². The summed E-state index contributed by atoms with van der Waals surface area (Å²) in [6.07, 6.45) is 1.82. The molecule has 1 aliphatic heterocycles. The van der Waals surface area contributed by atoms with Crippen LogP contribution in [0.3, 0.4) is 0 Å². The van der Waals surface area contributed by atoms with Crippen molar-refractivity contribution in [3.63, 3.8) is 0 Å². The van der Waals surface area contributed by atoms with Gasteiger partial charge in [0.15, 0.2) is 0 Å². The van der Waals surface area contributed by atoms with Gasteiger partial charge in [0.1, 0.15) is 0 Å². The number of nitrogens with one attached hydrogen (secondary N) is 1. The van der Waals surface area contributed by atoms with Gasteiger partial charge in [-0.2, -0.15) is 0 Å². The molecule has 3 nitrogen and oxygen atoms in total. The molecule has 0 bridgehead atoms. The summed E-state index contributed by atoms with van der Waals surface area (Å²) < 4.78 is 0. The highest BCUT2D eigenvalue weighted by atomic mass is 16.1. The number of nitrogens with two attached hydrogens (primary N) is 1. The highest BCUT2D eigenvalue weighted by Crippen LogP contribution is 2.32. The molecule has 0 aromatic heterocycles. The van der Waals surface area contributed by atoms with E-state index in [0.717, 1.165) is 25.9 Å². The monoisotopic (exact) mass is 170 g/mol. The second kappa shape index (κ2) is 3.44. The molecule has 1 aliphatic rings. The summed E-state index contributed by atoms with van der Waals surface area (Å²) >= 11 is 0. The van der Waals surface area contributed by atoms with Gasteiger partial charge in [0.2, 0.25) is 5.91 Å². The minimum Gasteiger partial charge on any atom is -0.369 e. The number of hydrogen-bond donors (Lipinski definition) is 2. The van der Waals surface area contributed by atoms with Crippen LogP contribution in [0.4, 0.5) is 0 Å². The molecule has 0 radical (unpaired) electrons. The molecule has 0 aliphatic carbocycles. The van der Waals surface area contributed by atoms with Gasteiger partial charge in [-0.3, -0.25) is 4.79 Å². The average molecular weight is 170 g/mol. The lowest BCUT2D eigenvalue weighted by Gasteiger charge is -2.25. The first-order valence-electron chi connectivity index (χ1n) is 4.57. The van der Waals surface area contributed by atoms with E-state index in [2.05, 4.69) is 19.2 Å². The summed E-state index contributed by atoms with van der Waals surface area (Å²) in [5.74, 6) is 0.401. The zero-order valence-corrected chi connectivity index (χ0v) is 7.89. The third-order valence-corrected chi connectivity index (χ3v) is 2.57. The minimum absolute atomic E-state index is 0.138. The summed E-state index contributed by atoms with van der Waals surface area (Å²) in [5.41, 5.74) is 5.15. The predicted octanol–water partition coefficient (Wildman–Crippen LogP) is 0.498. The Kier molecular flexibility index (Phi) is 2.73. The fourth-order valence-corrected chi connectivity index (χ4v) is 2.01. The largest absolute Gasteiger partial charge is 0.369 e. The van der Waals surface area contributed by atoms with Crippen LogP contribution in [0.15, 0.2) is 0 Å². The Morgan fingerprint density at radius 3 is 2.67 bits per heavy atom. The van der Waals surface area contributed by atoms with Crippen molar-refractivity contribution in [2.75, 3.05) is 13.1 Å². The van der Waals surface area contributed by atoms with Crippen LogP contribution < -0.4 is 11.1 Å². The summed E-state index contributed by atoms with van der Waals surface area (Å²) in [7, 11) is 0. The van der Waals surface area contributed by atoms with Crippen molar-refractivity contribution in [3.05, 3.63) is 0 Å². The first kappa shape index (κ1) is 9.52. The van der Waals surface area contributed by atoms with Crippen LogP contribution in [0.2, 0.25) is 0 Å². The molecule has 0 aromatic carbocycles. The smallest absolute Gasteiger partial charge is 0.224 e. The van der Waals surface area contributed by atoms with Crippen molar-refractivity contribution in [1.82, 2.24) is 5.32 Å². The number of hydrogen-bond acceptors (Lipinski definition) is 2. The second-order valence-electron chi connectivity index (χ2n) is 4.17.